The number of thiophene rings is 1. The zero-order valence-corrected chi connectivity index (χ0v) is 20.4. The van der Waals surface area contributed by atoms with Gasteiger partial charge in [0.15, 0.2) is 0 Å². The minimum Gasteiger partial charge on any atom is -0.299 e. The van der Waals surface area contributed by atoms with Crippen LogP contribution < -0.4 is 5.69 Å². The molecule has 0 radical (unpaired) electrons. The largest absolute Gasteiger partial charge is 0.328 e. The van der Waals surface area contributed by atoms with Crippen molar-refractivity contribution in [1.29, 1.82) is 0 Å². The molecule has 4 aromatic heterocycles. The van der Waals surface area contributed by atoms with Crippen LogP contribution in [-0.2, 0) is 25.9 Å². The smallest absolute Gasteiger partial charge is 0.299 e. The molecule has 9 heteroatoms. The molecule has 1 N–H and O–H groups in total. The Labute approximate surface area is 207 Å². The Hall–Kier alpha value is -3.85. The summed E-state index contributed by atoms with van der Waals surface area (Å²) in [7, 11) is 0. The molecule has 0 saturated carbocycles. The Morgan fingerprint density at radius 3 is 2.63 bits per heavy atom. The van der Waals surface area contributed by atoms with Crippen molar-refractivity contribution in [3.05, 3.63) is 92.9 Å². The second-order valence-corrected chi connectivity index (χ2v) is 9.48. The molecule has 0 fully saturated rings. The number of tetrazole rings is 1. The molecule has 0 aliphatic carbocycles. The van der Waals surface area contributed by atoms with E-state index in [-0.39, 0.29) is 5.69 Å². The number of hydrogen-bond acceptors (Lipinski definition) is 6. The van der Waals surface area contributed by atoms with E-state index in [1.165, 1.54) is 4.88 Å². The Morgan fingerprint density at radius 2 is 1.91 bits per heavy atom. The second-order valence-electron chi connectivity index (χ2n) is 8.45. The highest BCUT2D eigenvalue weighted by atomic mass is 32.1. The fraction of sp³-hybridized carbons (Fsp3) is 0.269. The van der Waals surface area contributed by atoms with E-state index in [2.05, 4.69) is 45.1 Å². The number of nitrogens with one attached hydrogen (secondary N) is 1. The van der Waals surface area contributed by atoms with Gasteiger partial charge in [0.05, 0.1) is 12.2 Å². The van der Waals surface area contributed by atoms with E-state index in [0.717, 1.165) is 53.8 Å². The van der Waals surface area contributed by atoms with Gasteiger partial charge in [-0.1, -0.05) is 49.7 Å². The number of hydrogen-bond donors (Lipinski definition) is 1. The van der Waals surface area contributed by atoms with Crippen LogP contribution in [0.3, 0.4) is 0 Å². The summed E-state index contributed by atoms with van der Waals surface area (Å²) in [5.41, 5.74) is 4.72. The van der Waals surface area contributed by atoms with Gasteiger partial charge in [-0.15, -0.1) is 21.5 Å². The van der Waals surface area contributed by atoms with Gasteiger partial charge in [-0.2, -0.15) is 5.21 Å². The van der Waals surface area contributed by atoms with Gasteiger partial charge in [0.1, 0.15) is 0 Å². The van der Waals surface area contributed by atoms with E-state index in [0.29, 0.717) is 18.9 Å². The normalized spacial score (nSPS) is 11.2. The van der Waals surface area contributed by atoms with E-state index in [4.69, 9.17) is 4.98 Å². The van der Waals surface area contributed by atoms with Crippen LogP contribution in [0.1, 0.15) is 35.9 Å². The van der Waals surface area contributed by atoms with Crippen molar-refractivity contribution >= 4 is 11.3 Å². The highest BCUT2D eigenvalue weighted by Gasteiger charge is 2.14. The van der Waals surface area contributed by atoms with Crippen LogP contribution >= 0.6 is 11.3 Å². The molecule has 0 bridgehead atoms. The summed E-state index contributed by atoms with van der Waals surface area (Å²) in [6, 6.07) is 16.0. The molecule has 1 aromatic carbocycles. The molecule has 0 aliphatic rings. The molecule has 178 valence electrons. The maximum atomic E-state index is 13.3. The summed E-state index contributed by atoms with van der Waals surface area (Å²) in [6.45, 7) is 3.37. The first-order valence-corrected chi connectivity index (χ1v) is 12.7. The Balaban J connectivity index is 1.39. The number of nitrogens with zero attached hydrogens (tertiary/aromatic N) is 6. The minimum absolute atomic E-state index is 0.0409. The summed E-state index contributed by atoms with van der Waals surface area (Å²) in [6.07, 6.45) is 7.78. The van der Waals surface area contributed by atoms with Crippen LogP contribution in [0.5, 0.6) is 0 Å². The van der Waals surface area contributed by atoms with Crippen LogP contribution in [0.2, 0.25) is 0 Å². The lowest BCUT2D eigenvalue weighted by atomic mass is 10.0. The summed E-state index contributed by atoms with van der Waals surface area (Å²) >= 11 is 1.73. The first-order valence-electron chi connectivity index (χ1n) is 11.8. The fourth-order valence-electron chi connectivity index (χ4n) is 4.19. The summed E-state index contributed by atoms with van der Waals surface area (Å²) in [5, 5.41) is 16.5. The molecule has 8 nitrogen and oxygen atoms in total. The summed E-state index contributed by atoms with van der Waals surface area (Å²) in [5.74, 6) is 0.530. The van der Waals surface area contributed by atoms with Gasteiger partial charge in [0, 0.05) is 40.6 Å². The number of rotatable bonds is 10. The van der Waals surface area contributed by atoms with Crippen molar-refractivity contribution in [2.24, 2.45) is 0 Å². The molecule has 0 atom stereocenters. The van der Waals surface area contributed by atoms with Crippen molar-refractivity contribution in [2.45, 2.75) is 45.7 Å². The van der Waals surface area contributed by atoms with Crippen molar-refractivity contribution in [3.8, 4) is 22.6 Å². The number of unbranched alkanes of at least 4 members (excludes halogenated alkanes) is 1. The van der Waals surface area contributed by atoms with Crippen LogP contribution in [0, 0.1) is 0 Å². The number of pyridine rings is 1. The Kier molecular flexibility index (Phi) is 6.94. The van der Waals surface area contributed by atoms with Gasteiger partial charge < -0.3 is 0 Å². The number of aryl methyl sites for hydroxylation is 3. The predicted molar refractivity (Wildman–Crippen MR) is 137 cm³/mol. The highest BCUT2D eigenvalue weighted by Crippen LogP contribution is 2.28. The molecule has 0 saturated heterocycles. The maximum absolute atomic E-state index is 13.3. The molecule has 0 aliphatic heterocycles. The van der Waals surface area contributed by atoms with Crippen molar-refractivity contribution < 1.29 is 0 Å². The van der Waals surface area contributed by atoms with E-state index in [1.54, 1.807) is 11.3 Å². The molecule has 5 rings (SSSR count). The molecular weight excluding hydrogens is 458 g/mol. The molecule has 35 heavy (non-hydrogen) atoms. The zero-order chi connectivity index (χ0) is 24.0. The van der Waals surface area contributed by atoms with E-state index in [1.807, 2.05) is 57.9 Å². The molecule has 5 aromatic rings. The average molecular weight is 486 g/mol. The van der Waals surface area contributed by atoms with Crippen LogP contribution in [0.25, 0.3) is 22.6 Å². The van der Waals surface area contributed by atoms with Crippen molar-refractivity contribution in [2.75, 3.05) is 0 Å². The third-order valence-electron chi connectivity index (χ3n) is 6.05. The lowest BCUT2D eigenvalue weighted by Gasteiger charge is -2.09. The highest BCUT2D eigenvalue weighted by molar-refractivity contribution is 7.09. The fourth-order valence-corrected chi connectivity index (χ4v) is 4.89. The molecular formula is C26H27N7OS. The van der Waals surface area contributed by atoms with Gasteiger partial charge in [0.25, 0.3) is 0 Å². The van der Waals surface area contributed by atoms with Crippen LogP contribution in [-0.4, -0.2) is 34.7 Å². The SMILES string of the molecule is CCCCc1cn(CCc2cccs2)c(=O)n1Cc1ccc(-c2ccccc2-c2nn[nH]n2)nc1. The maximum Gasteiger partial charge on any atom is 0.328 e. The zero-order valence-electron chi connectivity index (χ0n) is 19.6. The second kappa shape index (κ2) is 10.6. The van der Waals surface area contributed by atoms with Crippen LogP contribution in [0.4, 0.5) is 0 Å². The monoisotopic (exact) mass is 485 g/mol. The number of aromatic nitrogens is 7. The first-order chi connectivity index (χ1) is 17.2. The first kappa shape index (κ1) is 22.9. The van der Waals surface area contributed by atoms with Gasteiger partial charge in [-0.05, 0) is 47.6 Å². The average Bonchev–Trinajstić information content (AvgIpc) is 3.66. The van der Waals surface area contributed by atoms with E-state index in [9.17, 15) is 4.79 Å². The van der Waals surface area contributed by atoms with Gasteiger partial charge >= 0.3 is 5.69 Å². The third kappa shape index (κ3) is 5.14. The number of imidazole rings is 1. The lowest BCUT2D eigenvalue weighted by molar-refractivity contribution is 0.627. The van der Waals surface area contributed by atoms with Crippen LogP contribution in [0.15, 0.2) is 71.1 Å². The minimum atomic E-state index is 0.0409. The summed E-state index contributed by atoms with van der Waals surface area (Å²) < 4.78 is 3.75. The van der Waals surface area contributed by atoms with Gasteiger partial charge in [-0.3, -0.25) is 14.1 Å². The van der Waals surface area contributed by atoms with E-state index >= 15 is 0 Å². The number of aromatic amines is 1. The quantitative estimate of drug-likeness (QED) is 0.312. The predicted octanol–water partition coefficient (Wildman–Crippen LogP) is 4.59. The molecule has 4 heterocycles. The number of benzene rings is 1. The number of H-pyrrole nitrogens is 1. The Morgan fingerprint density at radius 1 is 1.03 bits per heavy atom. The Bertz CT molecular complexity index is 1420. The van der Waals surface area contributed by atoms with Crippen molar-refractivity contribution in [3.63, 3.8) is 0 Å². The van der Waals surface area contributed by atoms with Crippen molar-refractivity contribution in [1.82, 2.24) is 34.7 Å². The molecule has 0 spiro atoms. The lowest BCUT2D eigenvalue weighted by Crippen LogP contribution is -2.26. The summed E-state index contributed by atoms with van der Waals surface area (Å²) in [4.78, 5) is 19.3. The van der Waals surface area contributed by atoms with E-state index < -0.39 is 0 Å². The van der Waals surface area contributed by atoms with Gasteiger partial charge in [-0.25, -0.2) is 4.79 Å². The molecule has 0 amide bonds. The molecule has 0 unspecified atom stereocenters. The topological polar surface area (TPSA) is 94.3 Å². The standard InChI is InChI=1S/C26H27N7OS/c1-2-3-7-20-18-32(14-13-21-8-6-15-35-21)26(34)33(20)17-19-11-12-24(27-16-19)22-9-4-5-10-23(22)25-28-30-31-29-25/h4-6,8-12,15-16,18H,2-3,7,13-14,17H2,1H3,(H,28,29,30,31). The van der Waals surface area contributed by atoms with Gasteiger partial charge in [0.2, 0.25) is 5.82 Å². The third-order valence-corrected chi connectivity index (χ3v) is 6.98.